The van der Waals surface area contributed by atoms with Crippen LogP contribution in [0.5, 0.6) is 17.2 Å². The van der Waals surface area contributed by atoms with E-state index in [0.717, 1.165) is 16.9 Å². The maximum absolute atomic E-state index is 8.61. The molecule has 2 aromatic carbocycles. The van der Waals surface area contributed by atoms with Gasteiger partial charge in [0.2, 0.25) is 0 Å². The Labute approximate surface area is 142 Å². The lowest BCUT2D eigenvalue weighted by atomic mass is 10.1. The lowest BCUT2D eigenvalue weighted by molar-refractivity contribution is 0.207. The molecule has 1 N–H and O–H groups in total. The van der Waals surface area contributed by atoms with Crippen molar-refractivity contribution in [1.82, 2.24) is 0 Å². The van der Waals surface area contributed by atoms with E-state index in [-0.39, 0.29) is 0 Å². The fourth-order valence-electron chi connectivity index (χ4n) is 2.32. The molecule has 0 saturated heterocycles. The molecule has 24 heavy (non-hydrogen) atoms. The SMILES string of the molecule is CCOc1cc(C=NO)ccc1OCCOc1ccc(C)cc1C. The first-order valence-corrected chi connectivity index (χ1v) is 7.91. The molecule has 0 heterocycles. The van der Waals surface area contributed by atoms with Crippen LogP contribution in [-0.4, -0.2) is 31.2 Å². The Morgan fingerprint density at radius 1 is 0.917 bits per heavy atom. The zero-order chi connectivity index (χ0) is 17.4. The van der Waals surface area contributed by atoms with Crippen LogP contribution in [0.15, 0.2) is 41.6 Å². The Kier molecular flexibility index (Phi) is 6.49. The molecular weight excluding hydrogens is 306 g/mol. The van der Waals surface area contributed by atoms with Gasteiger partial charge in [0, 0.05) is 5.56 Å². The fraction of sp³-hybridized carbons (Fsp3) is 0.316. The monoisotopic (exact) mass is 329 g/mol. The third kappa shape index (κ3) is 4.91. The number of nitrogens with zero attached hydrogens (tertiary/aromatic N) is 1. The average Bonchev–Trinajstić information content (AvgIpc) is 2.55. The smallest absolute Gasteiger partial charge is 0.161 e. The van der Waals surface area contributed by atoms with Gasteiger partial charge >= 0.3 is 0 Å². The summed E-state index contributed by atoms with van der Waals surface area (Å²) in [5.41, 5.74) is 3.06. The van der Waals surface area contributed by atoms with Crippen LogP contribution in [0.4, 0.5) is 0 Å². The van der Waals surface area contributed by atoms with E-state index in [1.54, 1.807) is 18.2 Å². The summed E-state index contributed by atoms with van der Waals surface area (Å²) in [6.07, 6.45) is 1.34. The highest BCUT2D eigenvalue weighted by atomic mass is 16.5. The molecule has 0 spiro atoms. The van der Waals surface area contributed by atoms with Gasteiger partial charge in [0.1, 0.15) is 19.0 Å². The molecule has 0 bridgehead atoms. The molecule has 0 fully saturated rings. The maximum Gasteiger partial charge on any atom is 0.161 e. The third-order valence-electron chi connectivity index (χ3n) is 3.40. The second kappa shape index (κ2) is 8.82. The van der Waals surface area contributed by atoms with E-state index in [1.165, 1.54) is 11.8 Å². The first-order chi connectivity index (χ1) is 11.6. The van der Waals surface area contributed by atoms with Gasteiger partial charge in [-0.3, -0.25) is 0 Å². The Morgan fingerprint density at radius 3 is 2.29 bits per heavy atom. The van der Waals surface area contributed by atoms with Crippen molar-refractivity contribution >= 4 is 6.21 Å². The number of benzene rings is 2. The van der Waals surface area contributed by atoms with Crippen molar-refractivity contribution in [2.75, 3.05) is 19.8 Å². The predicted molar refractivity (Wildman–Crippen MR) is 93.9 cm³/mol. The predicted octanol–water partition coefficient (Wildman–Crippen LogP) is 3.97. The Hall–Kier alpha value is -2.69. The largest absolute Gasteiger partial charge is 0.490 e. The topological polar surface area (TPSA) is 60.3 Å². The summed E-state index contributed by atoms with van der Waals surface area (Å²) in [6, 6.07) is 11.4. The standard InChI is InChI=1S/C19H23NO4/c1-4-22-19-12-16(13-20-21)6-8-18(19)24-10-9-23-17-7-5-14(2)11-15(17)3/h5-8,11-13,21H,4,9-10H2,1-3H3. The number of rotatable bonds is 8. The lowest BCUT2D eigenvalue weighted by Gasteiger charge is -2.14. The van der Waals surface area contributed by atoms with Crippen molar-refractivity contribution in [3.63, 3.8) is 0 Å². The molecule has 2 aromatic rings. The highest BCUT2D eigenvalue weighted by Gasteiger charge is 2.06. The highest BCUT2D eigenvalue weighted by molar-refractivity contribution is 5.80. The van der Waals surface area contributed by atoms with Crippen LogP contribution in [0.1, 0.15) is 23.6 Å². The molecule has 0 aliphatic carbocycles. The molecule has 0 unspecified atom stereocenters. The van der Waals surface area contributed by atoms with Crippen molar-refractivity contribution in [2.24, 2.45) is 5.16 Å². The second-order valence-corrected chi connectivity index (χ2v) is 5.35. The molecule has 0 saturated carbocycles. The van der Waals surface area contributed by atoms with Gasteiger partial charge in [-0.15, -0.1) is 0 Å². The van der Waals surface area contributed by atoms with Crippen LogP contribution in [0.3, 0.4) is 0 Å². The Bertz CT molecular complexity index is 698. The van der Waals surface area contributed by atoms with E-state index in [1.807, 2.05) is 26.0 Å². The zero-order valence-corrected chi connectivity index (χ0v) is 14.3. The highest BCUT2D eigenvalue weighted by Crippen LogP contribution is 2.28. The summed E-state index contributed by atoms with van der Waals surface area (Å²) in [5, 5.41) is 11.6. The van der Waals surface area contributed by atoms with E-state index < -0.39 is 0 Å². The first-order valence-electron chi connectivity index (χ1n) is 7.91. The summed E-state index contributed by atoms with van der Waals surface area (Å²) in [4.78, 5) is 0. The van der Waals surface area contributed by atoms with Gasteiger partial charge in [0.25, 0.3) is 0 Å². The van der Waals surface area contributed by atoms with Gasteiger partial charge < -0.3 is 19.4 Å². The molecule has 128 valence electrons. The van der Waals surface area contributed by atoms with E-state index >= 15 is 0 Å². The second-order valence-electron chi connectivity index (χ2n) is 5.35. The van der Waals surface area contributed by atoms with E-state index in [9.17, 15) is 0 Å². The molecule has 0 atom stereocenters. The summed E-state index contributed by atoms with van der Waals surface area (Å²) in [6.45, 7) is 7.35. The number of hydrogen-bond donors (Lipinski definition) is 1. The quantitative estimate of drug-likeness (QED) is 0.344. The van der Waals surface area contributed by atoms with Gasteiger partial charge in [0.05, 0.1) is 12.8 Å². The van der Waals surface area contributed by atoms with Crippen LogP contribution < -0.4 is 14.2 Å². The van der Waals surface area contributed by atoms with Crippen molar-refractivity contribution in [1.29, 1.82) is 0 Å². The lowest BCUT2D eigenvalue weighted by Crippen LogP contribution is -2.10. The van der Waals surface area contributed by atoms with Gasteiger partial charge in [-0.2, -0.15) is 0 Å². The first kappa shape index (κ1) is 17.7. The van der Waals surface area contributed by atoms with Gasteiger partial charge in [-0.05, 0) is 50.6 Å². The van der Waals surface area contributed by atoms with Gasteiger partial charge in [-0.1, -0.05) is 22.9 Å². The number of aryl methyl sites for hydroxylation is 2. The van der Waals surface area contributed by atoms with Crippen LogP contribution in [0.25, 0.3) is 0 Å². The normalized spacial score (nSPS) is 10.8. The molecule has 0 aliphatic rings. The number of hydrogen-bond acceptors (Lipinski definition) is 5. The number of ether oxygens (including phenoxy) is 3. The minimum absolute atomic E-state index is 0.404. The van der Waals surface area contributed by atoms with Crippen LogP contribution in [-0.2, 0) is 0 Å². The summed E-state index contributed by atoms with van der Waals surface area (Å²) < 4.78 is 17.1. The third-order valence-corrected chi connectivity index (χ3v) is 3.40. The molecule has 0 amide bonds. The zero-order valence-electron chi connectivity index (χ0n) is 14.3. The van der Waals surface area contributed by atoms with E-state index in [0.29, 0.717) is 31.3 Å². The number of oxime groups is 1. The molecule has 2 rings (SSSR count). The summed E-state index contributed by atoms with van der Waals surface area (Å²) >= 11 is 0. The Morgan fingerprint density at radius 2 is 1.62 bits per heavy atom. The van der Waals surface area contributed by atoms with Crippen LogP contribution in [0.2, 0.25) is 0 Å². The minimum atomic E-state index is 0.404. The average molecular weight is 329 g/mol. The molecule has 0 aliphatic heterocycles. The van der Waals surface area contributed by atoms with E-state index in [4.69, 9.17) is 19.4 Å². The van der Waals surface area contributed by atoms with Crippen molar-refractivity contribution < 1.29 is 19.4 Å². The van der Waals surface area contributed by atoms with Crippen molar-refractivity contribution in [3.05, 3.63) is 53.1 Å². The molecular formula is C19H23NO4. The molecule has 0 radical (unpaired) electrons. The Balaban J connectivity index is 1.93. The van der Waals surface area contributed by atoms with Crippen molar-refractivity contribution in [3.8, 4) is 17.2 Å². The van der Waals surface area contributed by atoms with Gasteiger partial charge in [-0.25, -0.2) is 0 Å². The van der Waals surface area contributed by atoms with Crippen LogP contribution >= 0.6 is 0 Å². The molecule has 5 nitrogen and oxygen atoms in total. The van der Waals surface area contributed by atoms with Crippen LogP contribution in [0, 0.1) is 13.8 Å². The fourth-order valence-corrected chi connectivity index (χ4v) is 2.32. The molecule has 5 heteroatoms. The summed E-state index contributed by atoms with van der Waals surface area (Å²) in [7, 11) is 0. The van der Waals surface area contributed by atoms with Crippen molar-refractivity contribution in [2.45, 2.75) is 20.8 Å². The summed E-state index contributed by atoms with van der Waals surface area (Å²) in [5.74, 6) is 2.11. The van der Waals surface area contributed by atoms with Gasteiger partial charge in [0.15, 0.2) is 11.5 Å². The van der Waals surface area contributed by atoms with E-state index in [2.05, 4.69) is 18.1 Å². The molecule has 0 aromatic heterocycles. The maximum atomic E-state index is 8.61. The minimum Gasteiger partial charge on any atom is -0.490 e.